The second-order valence-corrected chi connectivity index (χ2v) is 5.27. The van der Waals surface area contributed by atoms with E-state index in [1.807, 2.05) is 38.1 Å². The fraction of sp³-hybridized carbons (Fsp3) is 0.250. The predicted molar refractivity (Wildman–Crippen MR) is 79.6 cm³/mol. The van der Waals surface area contributed by atoms with Gasteiger partial charge in [0.2, 0.25) is 0 Å². The van der Waals surface area contributed by atoms with Gasteiger partial charge in [-0.2, -0.15) is 0 Å². The highest BCUT2D eigenvalue weighted by Gasteiger charge is 2.20. The molecule has 0 bridgehead atoms. The van der Waals surface area contributed by atoms with E-state index in [-0.39, 0.29) is 16.8 Å². The monoisotopic (exact) mass is 293 g/mol. The van der Waals surface area contributed by atoms with Crippen LogP contribution in [0.5, 0.6) is 5.75 Å². The molecule has 0 heterocycles. The van der Waals surface area contributed by atoms with Crippen LogP contribution in [0.2, 0.25) is 5.02 Å². The highest BCUT2D eigenvalue weighted by atomic mass is 35.5. The summed E-state index contributed by atoms with van der Waals surface area (Å²) in [6, 6.07) is 12.2. The van der Waals surface area contributed by atoms with Gasteiger partial charge >= 0.3 is 0 Å². The van der Waals surface area contributed by atoms with Crippen LogP contribution in [0.1, 0.15) is 24.2 Å². The topological polar surface area (TPSA) is 35.2 Å². The second-order valence-electron chi connectivity index (χ2n) is 4.86. The Morgan fingerprint density at radius 2 is 1.80 bits per heavy atom. The molecule has 106 valence electrons. The minimum atomic E-state index is -0.563. The first-order valence-corrected chi connectivity index (χ1v) is 6.79. The average molecular weight is 294 g/mol. The summed E-state index contributed by atoms with van der Waals surface area (Å²) in [6.45, 7) is 3.83. The lowest BCUT2D eigenvalue weighted by Gasteiger charge is -2.23. The molecule has 0 aliphatic heterocycles. The van der Waals surface area contributed by atoms with Gasteiger partial charge in [-0.05, 0) is 31.5 Å². The maximum atomic E-state index is 13.9. The van der Waals surface area contributed by atoms with Crippen LogP contribution in [-0.2, 0) is 0 Å². The molecule has 0 fully saturated rings. The van der Waals surface area contributed by atoms with Crippen molar-refractivity contribution in [3.63, 3.8) is 0 Å². The molecule has 2 aromatic rings. The van der Waals surface area contributed by atoms with Gasteiger partial charge in [0, 0.05) is 6.04 Å². The van der Waals surface area contributed by atoms with Gasteiger partial charge in [-0.3, -0.25) is 0 Å². The molecule has 0 radical (unpaired) electrons. The Labute approximate surface area is 123 Å². The summed E-state index contributed by atoms with van der Waals surface area (Å²) < 4.78 is 19.6. The zero-order valence-corrected chi connectivity index (χ0v) is 12.2. The van der Waals surface area contributed by atoms with Crippen LogP contribution in [0, 0.1) is 12.7 Å². The summed E-state index contributed by atoms with van der Waals surface area (Å²) in [7, 11) is 0. The normalized spacial score (nSPS) is 13.8. The van der Waals surface area contributed by atoms with Crippen molar-refractivity contribution in [2.75, 3.05) is 0 Å². The molecule has 20 heavy (non-hydrogen) atoms. The Kier molecular flexibility index (Phi) is 4.63. The van der Waals surface area contributed by atoms with Crippen LogP contribution in [0.4, 0.5) is 4.39 Å². The zero-order chi connectivity index (χ0) is 14.7. The highest BCUT2D eigenvalue weighted by molar-refractivity contribution is 6.30. The summed E-state index contributed by atoms with van der Waals surface area (Å²) in [5.74, 6) is -0.452. The first-order chi connectivity index (χ1) is 9.49. The van der Waals surface area contributed by atoms with E-state index < -0.39 is 11.9 Å². The summed E-state index contributed by atoms with van der Waals surface area (Å²) in [5.41, 5.74) is 8.01. The number of nitrogens with two attached hydrogens (primary N) is 1. The summed E-state index contributed by atoms with van der Waals surface area (Å²) in [5, 5.41) is 0.0369. The highest BCUT2D eigenvalue weighted by Crippen LogP contribution is 2.29. The fourth-order valence-corrected chi connectivity index (χ4v) is 2.11. The number of ether oxygens (including phenoxy) is 1. The van der Waals surface area contributed by atoms with Gasteiger partial charge in [-0.25, -0.2) is 4.39 Å². The Balaban J connectivity index is 2.30. The maximum Gasteiger partial charge on any atom is 0.183 e. The van der Waals surface area contributed by atoms with E-state index in [1.54, 1.807) is 12.1 Å². The van der Waals surface area contributed by atoms with E-state index in [0.29, 0.717) is 0 Å². The number of benzene rings is 2. The third kappa shape index (κ3) is 3.30. The van der Waals surface area contributed by atoms with Crippen LogP contribution >= 0.6 is 11.6 Å². The third-order valence-corrected chi connectivity index (χ3v) is 3.35. The van der Waals surface area contributed by atoms with Gasteiger partial charge in [-0.15, -0.1) is 0 Å². The van der Waals surface area contributed by atoms with Crippen molar-refractivity contribution in [1.82, 2.24) is 0 Å². The predicted octanol–water partition coefficient (Wildman–Crippen LogP) is 4.25. The lowest BCUT2D eigenvalue weighted by atomic mass is 10.0. The first-order valence-electron chi connectivity index (χ1n) is 6.42. The fourth-order valence-electron chi connectivity index (χ4n) is 1.95. The van der Waals surface area contributed by atoms with Crippen LogP contribution in [0.15, 0.2) is 42.5 Å². The van der Waals surface area contributed by atoms with Gasteiger partial charge in [0.05, 0.1) is 5.02 Å². The summed E-state index contributed by atoms with van der Waals surface area (Å²) in [6.07, 6.45) is -0.427. The number of hydrogen-bond acceptors (Lipinski definition) is 2. The molecule has 4 heteroatoms. The van der Waals surface area contributed by atoms with Crippen molar-refractivity contribution in [1.29, 1.82) is 0 Å². The quantitative estimate of drug-likeness (QED) is 0.914. The minimum absolute atomic E-state index is 0.0369. The molecule has 0 saturated heterocycles. The first kappa shape index (κ1) is 14.8. The van der Waals surface area contributed by atoms with Crippen LogP contribution < -0.4 is 10.5 Å². The average Bonchev–Trinajstić information content (AvgIpc) is 2.41. The maximum absolute atomic E-state index is 13.9. The van der Waals surface area contributed by atoms with Gasteiger partial charge in [-0.1, -0.05) is 47.5 Å². The molecular formula is C16H17ClFNO. The molecule has 0 amide bonds. The number of hydrogen-bond donors (Lipinski definition) is 1. The Hall–Kier alpha value is -1.58. The molecule has 2 aromatic carbocycles. The van der Waals surface area contributed by atoms with Crippen molar-refractivity contribution in [2.24, 2.45) is 5.73 Å². The SMILES string of the molecule is Cc1ccc(C(Oc2cccc(Cl)c2F)C(C)N)cc1. The molecule has 0 aliphatic carbocycles. The Bertz CT molecular complexity index is 584. The molecule has 0 spiro atoms. The smallest absolute Gasteiger partial charge is 0.183 e. The molecular weight excluding hydrogens is 277 g/mol. The molecule has 2 rings (SSSR count). The minimum Gasteiger partial charge on any atom is -0.481 e. The van der Waals surface area contributed by atoms with Gasteiger partial charge in [0.15, 0.2) is 11.6 Å². The van der Waals surface area contributed by atoms with Crippen LogP contribution in [0.25, 0.3) is 0 Å². The molecule has 2 nitrogen and oxygen atoms in total. The zero-order valence-electron chi connectivity index (χ0n) is 11.4. The summed E-state index contributed by atoms with van der Waals surface area (Å²) >= 11 is 5.76. The standard InChI is InChI=1S/C16H17ClFNO/c1-10-6-8-12(9-7-10)16(11(2)19)20-14-5-3-4-13(17)15(14)18/h3-9,11,16H,19H2,1-2H3. The van der Waals surface area contributed by atoms with Crippen molar-refractivity contribution < 1.29 is 9.13 Å². The van der Waals surface area contributed by atoms with Crippen molar-refractivity contribution in [3.8, 4) is 5.75 Å². The molecule has 2 atom stereocenters. The molecule has 0 aliphatic rings. The van der Waals surface area contributed by atoms with Crippen LogP contribution in [-0.4, -0.2) is 6.04 Å². The largest absolute Gasteiger partial charge is 0.481 e. The van der Waals surface area contributed by atoms with Crippen molar-refractivity contribution >= 4 is 11.6 Å². The van der Waals surface area contributed by atoms with E-state index in [9.17, 15) is 4.39 Å². The second kappa shape index (κ2) is 6.25. The molecule has 0 aromatic heterocycles. The van der Waals surface area contributed by atoms with E-state index >= 15 is 0 Å². The molecule has 2 unspecified atom stereocenters. The third-order valence-electron chi connectivity index (χ3n) is 3.05. The van der Waals surface area contributed by atoms with Crippen molar-refractivity contribution in [3.05, 3.63) is 64.4 Å². The van der Waals surface area contributed by atoms with Crippen molar-refractivity contribution in [2.45, 2.75) is 26.0 Å². The number of rotatable bonds is 4. The lowest BCUT2D eigenvalue weighted by molar-refractivity contribution is 0.172. The lowest BCUT2D eigenvalue weighted by Crippen LogP contribution is -2.29. The van der Waals surface area contributed by atoms with E-state index in [2.05, 4.69) is 0 Å². The number of halogens is 2. The van der Waals surface area contributed by atoms with Gasteiger partial charge < -0.3 is 10.5 Å². The summed E-state index contributed by atoms with van der Waals surface area (Å²) in [4.78, 5) is 0. The Morgan fingerprint density at radius 3 is 2.40 bits per heavy atom. The number of aryl methyl sites for hydroxylation is 1. The molecule has 0 saturated carbocycles. The Morgan fingerprint density at radius 1 is 1.15 bits per heavy atom. The van der Waals surface area contributed by atoms with Crippen LogP contribution in [0.3, 0.4) is 0 Å². The van der Waals surface area contributed by atoms with E-state index in [4.69, 9.17) is 22.1 Å². The van der Waals surface area contributed by atoms with E-state index in [1.165, 1.54) is 6.07 Å². The van der Waals surface area contributed by atoms with Gasteiger partial charge in [0.1, 0.15) is 6.10 Å². The van der Waals surface area contributed by atoms with E-state index in [0.717, 1.165) is 11.1 Å². The molecule has 2 N–H and O–H groups in total. The van der Waals surface area contributed by atoms with Gasteiger partial charge in [0.25, 0.3) is 0 Å².